The Balaban J connectivity index is 1.48. The summed E-state index contributed by atoms with van der Waals surface area (Å²) in [6.45, 7) is 0.0715. The molecule has 38 heavy (non-hydrogen) atoms. The largest absolute Gasteiger partial charge is 0.491 e. The third-order valence-corrected chi connectivity index (χ3v) is 7.25. The van der Waals surface area contributed by atoms with E-state index in [4.69, 9.17) is 21.4 Å². The fourth-order valence-corrected chi connectivity index (χ4v) is 5.02. The van der Waals surface area contributed by atoms with Gasteiger partial charge in [-0.2, -0.15) is 0 Å². The van der Waals surface area contributed by atoms with Crippen molar-refractivity contribution in [3.63, 3.8) is 0 Å². The maximum absolute atomic E-state index is 13.7. The van der Waals surface area contributed by atoms with Gasteiger partial charge in [0.25, 0.3) is 5.91 Å². The van der Waals surface area contributed by atoms with Crippen LogP contribution >= 0.6 is 34.2 Å². The molecule has 0 saturated carbocycles. The highest BCUT2D eigenvalue weighted by atomic mass is 127. The van der Waals surface area contributed by atoms with Crippen LogP contribution < -0.4 is 10.1 Å². The van der Waals surface area contributed by atoms with Gasteiger partial charge < -0.3 is 20.1 Å². The summed E-state index contributed by atoms with van der Waals surface area (Å²) in [5, 5.41) is 12.0. The minimum absolute atomic E-state index is 0.0984. The summed E-state index contributed by atoms with van der Waals surface area (Å²) < 4.78 is 6.49. The van der Waals surface area contributed by atoms with Crippen LogP contribution in [0.4, 0.5) is 4.79 Å². The van der Waals surface area contributed by atoms with Crippen molar-refractivity contribution in [1.82, 2.24) is 20.2 Å². The number of hydrogen-bond acceptors (Lipinski definition) is 5. The average molecular weight is 643 g/mol. The number of imidazole rings is 1. The number of urea groups is 1. The number of benzene rings is 3. The van der Waals surface area contributed by atoms with Crippen LogP contribution in [0.2, 0.25) is 5.15 Å². The van der Waals surface area contributed by atoms with Gasteiger partial charge in [-0.25, -0.2) is 9.78 Å². The molecule has 0 radical (unpaired) electrons. The molecule has 0 spiro atoms. The van der Waals surface area contributed by atoms with Crippen molar-refractivity contribution in [3.8, 4) is 17.0 Å². The number of ether oxygens (including phenoxy) is 1. The molecular weight excluding hydrogens is 619 g/mol. The number of H-pyrrole nitrogens is 1. The molecule has 0 bridgehead atoms. The monoisotopic (exact) mass is 642 g/mol. The molecule has 5 rings (SSSR count). The van der Waals surface area contributed by atoms with E-state index in [-0.39, 0.29) is 24.3 Å². The molecule has 1 aliphatic rings. The van der Waals surface area contributed by atoms with E-state index in [9.17, 15) is 9.59 Å². The Morgan fingerprint density at radius 2 is 1.74 bits per heavy atom. The first-order valence-corrected chi connectivity index (χ1v) is 13.4. The predicted octanol–water partition coefficient (Wildman–Crippen LogP) is 5.28. The first-order chi connectivity index (χ1) is 18.4. The second-order valence-corrected chi connectivity index (χ2v) is 10.3. The minimum atomic E-state index is -0.853. The van der Waals surface area contributed by atoms with E-state index in [0.717, 1.165) is 14.7 Å². The number of nitrogens with one attached hydrogen (secondary N) is 2. The highest BCUT2D eigenvalue weighted by Crippen LogP contribution is 2.35. The van der Waals surface area contributed by atoms with Crippen LogP contribution in [0.15, 0.2) is 78.9 Å². The number of nitrogens with zero attached hydrogens (tertiary/aromatic N) is 2. The Morgan fingerprint density at radius 3 is 2.42 bits per heavy atom. The van der Waals surface area contributed by atoms with Gasteiger partial charge in [0.15, 0.2) is 5.15 Å². The summed E-state index contributed by atoms with van der Waals surface area (Å²) in [6.07, 6.45) is 0.358. The maximum Gasteiger partial charge on any atom is 0.325 e. The second-order valence-electron chi connectivity index (χ2n) is 8.73. The quantitative estimate of drug-likeness (QED) is 0.170. The Labute approximate surface area is 238 Å². The molecule has 1 fully saturated rings. The number of aliphatic hydroxyl groups excluding tert-OH is 1. The topological polar surface area (TPSA) is 108 Å². The van der Waals surface area contributed by atoms with Crippen LogP contribution in [-0.4, -0.2) is 45.1 Å². The van der Waals surface area contributed by atoms with Crippen molar-refractivity contribution in [2.45, 2.75) is 18.5 Å². The summed E-state index contributed by atoms with van der Waals surface area (Å²) >= 11 is 8.78. The number of amides is 3. The van der Waals surface area contributed by atoms with Crippen LogP contribution in [-0.2, 0) is 11.2 Å². The average Bonchev–Trinajstić information content (AvgIpc) is 3.46. The lowest BCUT2D eigenvalue weighted by Crippen LogP contribution is -2.36. The van der Waals surface area contributed by atoms with Crippen molar-refractivity contribution in [3.05, 3.63) is 105 Å². The normalized spacial score (nSPS) is 16.0. The van der Waals surface area contributed by atoms with E-state index >= 15 is 0 Å². The van der Waals surface area contributed by atoms with Crippen molar-refractivity contribution in [2.24, 2.45) is 0 Å². The van der Waals surface area contributed by atoms with E-state index in [1.54, 1.807) is 24.3 Å². The maximum atomic E-state index is 13.7. The number of rotatable bonds is 9. The fraction of sp³-hybridized carbons (Fsp3) is 0.179. The molecule has 8 nitrogen and oxygen atoms in total. The summed E-state index contributed by atoms with van der Waals surface area (Å²) in [5.41, 5.74) is 3.04. The Bertz CT molecular complexity index is 1430. The molecule has 3 aromatic carbocycles. The number of halogens is 2. The van der Waals surface area contributed by atoms with Gasteiger partial charge >= 0.3 is 6.03 Å². The summed E-state index contributed by atoms with van der Waals surface area (Å²) in [7, 11) is 0. The zero-order valence-corrected chi connectivity index (χ0v) is 23.0. The number of aliphatic hydroxyl groups is 1. The van der Waals surface area contributed by atoms with E-state index in [1.165, 1.54) is 4.90 Å². The molecule has 10 heteroatoms. The number of carbonyl (C=O) groups is 2. The number of hydrogen-bond donors (Lipinski definition) is 3. The van der Waals surface area contributed by atoms with Crippen molar-refractivity contribution >= 4 is 46.1 Å². The van der Waals surface area contributed by atoms with E-state index in [1.807, 2.05) is 54.6 Å². The van der Waals surface area contributed by atoms with Gasteiger partial charge in [-0.1, -0.05) is 66.2 Å². The van der Waals surface area contributed by atoms with Gasteiger partial charge in [-0.05, 0) is 58.0 Å². The van der Waals surface area contributed by atoms with Gasteiger partial charge in [-0.3, -0.25) is 9.69 Å². The molecular formula is C28H24ClIN4O4. The van der Waals surface area contributed by atoms with Crippen molar-refractivity contribution < 1.29 is 19.4 Å². The molecule has 1 aliphatic heterocycles. The minimum Gasteiger partial charge on any atom is -0.491 e. The van der Waals surface area contributed by atoms with Gasteiger partial charge in [0, 0.05) is 15.6 Å². The van der Waals surface area contributed by atoms with Crippen molar-refractivity contribution in [2.75, 3.05) is 13.2 Å². The highest BCUT2D eigenvalue weighted by molar-refractivity contribution is 14.1. The lowest BCUT2D eigenvalue weighted by molar-refractivity contribution is -0.129. The first-order valence-electron chi connectivity index (χ1n) is 12.0. The molecule has 3 N–H and O–H groups in total. The molecule has 194 valence electrons. The molecule has 2 heterocycles. The molecule has 1 unspecified atom stereocenters. The third kappa shape index (κ3) is 5.54. The van der Waals surface area contributed by atoms with Crippen molar-refractivity contribution in [1.29, 1.82) is 0 Å². The number of aromatic nitrogens is 2. The van der Waals surface area contributed by atoms with Gasteiger partial charge in [0.1, 0.15) is 30.3 Å². The Hall–Kier alpha value is -3.41. The first kappa shape index (κ1) is 26.2. The molecule has 0 aliphatic carbocycles. The summed E-state index contributed by atoms with van der Waals surface area (Å²) in [4.78, 5) is 36.0. The van der Waals surface area contributed by atoms with E-state index in [2.05, 4.69) is 37.9 Å². The van der Waals surface area contributed by atoms with Crippen LogP contribution in [0.5, 0.6) is 5.75 Å². The second kappa shape index (κ2) is 11.5. The van der Waals surface area contributed by atoms with Gasteiger partial charge in [-0.15, -0.1) is 0 Å². The number of carbonyl (C=O) groups excluding carboxylic acids is 2. The Kier molecular flexibility index (Phi) is 7.96. The van der Waals surface area contributed by atoms with Crippen LogP contribution in [0.25, 0.3) is 11.3 Å². The zero-order valence-electron chi connectivity index (χ0n) is 20.1. The van der Waals surface area contributed by atoms with Crippen LogP contribution in [0.3, 0.4) is 0 Å². The molecule has 1 aromatic heterocycles. The number of aromatic amines is 1. The van der Waals surface area contributed by atoms with Crippen LogP contribution in [0, 0.1) is 3.57 Å². The molecule has 4 aromatic rings. The third-order valence-electron chi connectivity index (χ3n) is 6.25. The standard InChI is InChI=1S/C28H24ClIN4O4/c29-25-23(18-6-10-20(30)11-7-18)31-26(33-25)22(16-17-4-2-1-3-5-17)34-27(36)24(32-28(34)37)19-8-12-21(13-9-19)38-15-14-35/h1-13,22,24,35H,14-16H2,(H,31,33)(H,32,37)/t22-,24?/m0/s1. The summed E-state index contributed by atoms with van der Waals surface area (Å²) in [6, 6.07) is 22.2. The zero-order chi connectivity index (χ0) is 26.6. The fourth-order valence-electron chi connectivity index (χ4n) is 4.42. The SMILES string of the molecule is O=C1NC(c2ccc(OCCO)cc2)C(=O)N1[C@@H](Cc1ccccc1)c1nc(Cl)c(-c2ccc(I)cc2)[nH]1. The lowest BCUT2D eigenvalue weighted by Gasteiger charge is -2.24. The highest BCUT2D eigenvalue weighted by Gasteiger charge is 2.44. The summed E-state index contributed by atoms with van der Waals surface area (Å²) in [5.74, 6) is 0.597. The predicted molar refractivity (Wildman–Crippen MR) is 152 cm³/mol. The van der Waals surface area contributed by atoms with Gasteiger partial charge in [0.05, 0.1) is 12.3 Å². The van der Waals surface area contributed by atoms with E-state index < -0.39 is 18.1 Å². The Morgan fingerprint density at radius 1 is 1.03 bits per heavy atom. The van der Waals surface area contributed by atoms with Crippen LogP contribution in [0.1, 0.15) is 29.0 Å². The smallest absolute Gasteiger partial charge is 0.325 e. The lowest BCUT2D eigenvalue weighted by atomic mass is 10.0. The molecule has 2 atom stereocenters. The number of imide groups is 1. The van der Waals surface area contributed by atoms with E-state index in [0.29, 0.717) is 29.3 Å². The molecule has 1 saturated heterocycles. The molecule has 3 amide bonds. The van der Waals surface area contributed by atoms with Gasteiger partial charge in [0.2, 0.25) is 0 Å².